The van der Waals surface area contributed by atoms with Crippen LogP contribution in [-0.4, -0.2) is 0 Å². The third-order valence-electron chi connectivity index (χ3n) is 13.6. The lowest BCUT2D eigenvalue weighted by Gasteiger charge is -2.38. The average molecular weight is 616 g/mol. The van der Waals surface area contributed by atoms with E-state index in [2.05, 4.69) is 157 Å². The van der Waals surface area contributed by atoms with Crippen LogP contribution >= 0.6 is 0 Å². The van der Waals surface area contributed by atoms with Gasteiger partial charge in [0.1, 0.15) is 5.92 Å². The van der Waals surface area contributed by atoms with E-state index in [4.69, 9.17) is 0 Å². The van der Waals surface area contributed by atoms with E-state index in [1.807, 2.05) is 0 Å². The summed E-state index contributed by atoms with van der Waals surface area (Å²) in [6, 6.07) is 40.0. The molecule has 2 aromatic heterocycles. The minimum absolute atomic E-state index is 0.111. The van der Waals surface area contributed by atoms with Gasteiger partial charge in [-0.25, -0.2) is 0 Å². The lowest BCUT2D eigenvalue weighted by Crippen LogP contribution is -2.51. The summed E-state index contributed by atoms with van der Waals surface area (Å²) in [7, 11) is 0. The molecule has 0 bridgehead atoms. The van der Waals surface area contributed by atoms with Gasteiger partial charge in [-0.3, -0.25) is 0 Å². The van der Waals surface area contributed by atoms with Crippen LogP contribution in [0.4, 0.5) is 17.1 Å². The molecule has 0 amide bonds. The molecule has 1 saturated carbocycles. The van der Waals surface area contributed by atoms with E-state index in [1.54, 1.807) is 0 Å². The maximum atomic E-state index is 2.76. The normalized spacial score (nSPS) is 23.8. The fourth-order valence-corrected chi connectivity index (χ4v) is 11.7. The number of anilines is 3. The monoisotopic (exact) mass is 615 g/mol. The Balaban J connectivity index is 1.29. The van der Waals surface area contributed by atoms with E-state index in [9.17, 15) is 0 Å². The number of aromatic nitrogens is 2. The number of para-hydroxylation sites is 1. The van der Waals surface area contributed by atoms with E-state index in [-0.39, 0.29) is 22.4 Å². The SMILES string of the molecule is CC1(C)c2ccc3c4c2-c2c5c1cccc5cc[n+]2C1C4C12c1c(ccc4c1-c1c5c(cccc5cc[n+]12)C4(C)C)N3c1ccccc1. The van der Waals surface area contributed by atoms with Crippen molar-refractivity contribution in [1.82, 2.24) is 0 Å². The van der Waals surface area contributed by atoms with Crippen molar-refractivity contribution in [2.75, 3.05) is 4.90 Å². The van der Waals surface area contributed by atoms with Crippen molar-refractivity contribution in [3.8, 4) is 22.5 Å². The van der Waals surface area contributed by atoms with Gasteiger partial charge >= 0.3 is 0 Å². The van der Waals surface area contributed by atoms with Gasteiger partial charge in [-0.05, 0) is 57.3 Å². The fraction of sp³-hybridized carbons (Fsp3) is 0.200. The molecule has 13 rings (SSSR count). The Morgan fingerprint density at radius 3 is 1.94 bits per heavy atom. The van der Waals surface area contributed by atoms with Crippen molar-refractivity contribution in [2.45, 2.75) is 56.0 Å². The molecule has 3 atom stereocenters. The Labute approximate surface area is 279 Å². The van der Waals surface area contributed by atoms with Gasteiger partial charge in [0.15, 0.2) is 12.4 Å². The standard InChI is InChI=1S/C45H33N3/c1-43(2)27-14-8-10-24-20-22-46-40(33(24)27)35-29(43)16-18-31-37(35)39-42(46)45(39)38-32(48(31)26-12-6-5-7-13-26)19-17-30-36(38)41-34-25(21-23-47(41)45)11-9-15-28(34)44(30,3)4/h5-23,39,42H,1-4H3/q+2. The van der Waals surface area contributed by atoms with Crippen molar-refractivity contribution in [2.24, 2.45) is 0 Å². The van der Waals surface area contributed by atoms with Crippen molar-refractivity contribution in [1.29, 1.82) is 0 Å². The number of hydrogen-bond donors (Lipinski definition) is 0. The molecule has 3 aliphatic carbocycles. The van der Waals surface area contributed by atoms with E-state index >= 15 is 0 Å². The van der Waals surface area contributed by atoms with E-state index < -0.39 is 0 Å². The summed E-state index contributed by atoms with van der Waals surface area (Å²) in [6.07, 6.45) is 4.88. The largest absolute Gasteiger partial charge is 0.310 e. The first-order valence-electron chi connectivity index (χ1n) is 17.5. The Bertz CT molecular complexity index is 2700. The lowest BCUT2D eigenvalue weighted by molar-refractivity contribution is -0.771. The van der Waals surface area contributed by atoms with Gasteiger partial charge < -0.3 is 4.90 Å². The zero-order chi connectivity index (χ0) is 31.6. The van der Waals surface area contributed by atoms with Crippen LogP contribution in [-0.2, 0) is 16.4 Å². The summed E-state index contributed by atoms with van der Waals surface area (Å²) in [4.78, 5) is 2.62. The lowest BCUT2D eigenvalue weighted by atomic mass is 9.67. The van der Waals surface area contributed by atoms with Gasteiger partial charge in [-0.2, -0.15) is 9.13 Å². The molecule has 5 heterocycles. The molecule has 226 valence electrons. The third kappa shape index (κ3) is 2.26. The third-order valence-corrected chi connectivity index (χ3v) is 13.6. The predicted octanol–water partition coefficient (Wildman–Crippen LogP) is 9.37. The molecule has 3 nitrogen and oxygen atoms in total. The van der Waals surface area contributed by atoms with E-state index in [0.29, 0.717) is 5.92 Å². The number of fused-ring (bicyclic) bond motifs is 1. The average Bonchev–Trinajstić information content (AvgIpc) is 3.72. The summed E-state index contributed by atoms with van der Waals surface area (Å²) in [6.45, 7) is 9.77. The number of rotatable bonds is 1. The molecular weight excluding hydrogens is 583 g/mol. The zero-order valence-corrected chi connectivity index (χ0v) is 27.5. The molecule has 7 aromatic rings. The molecule has 0 saturated heterocycles. The zero-order valence-electron chi connectivity index (χ0n) is 27.5. The smallest absolute Gasteiger partial charge is 0.271 e. The number of benzene rings is 5. The van der Waals surface area contributed by atoms with Crippen molar-refractivity contribution >= 4 is 38.6 Å². The number of nitrogens with zero attached hydrogens (tertiary/aromatic N) is 3. The Kier molecular flexibility index (Phi) is 3.75. The number of hydrogen-bond acceptors (Lipinski definition) is 1. The molecule has 1 fully saturated rings. The minimum atomic E-state index is -0.226. The summed E-state index contributed by atoms with van der Waals surface area (Å²) in [5.74, 6) is 0.317. The summed E-state index contributed by atoms with van der Waals surface area (Å²) in [5.41, 5.74) is 18.1. The highest BCUT2D eigenvalue weighted by atomic mass is 15.3. The molecule has 0 radical (unpaired) electrons. The Morgan fingerprint density at radius 1 is 0.562 bits per heavy atom. The van der Waals surface area contributed by atoms with Gasteiger partial charge in [0, 0.05) is 34.2 Å². The van der Waals surface area contributed by atoms with Crippen LogP contribution in [0.3, 0.4) is 0 Å². The van der Waals surface area contributed by atoms with Crippen LogP contribution in [0.5, 0.6) is 0 Å². The van der Waals surface area contributed by atoms with Gasteiger partial charge in [-0.15, -0.1) is 0 Å². The Hall–Kier alpha value is -5.28. The number of pyridine rings is 2. The molecule has 3 unspecified atom stereocenters. The highest BCUT2D eigenvalue weighted by Crippen LogP contribution is 2.77. The molecule has 1 spiro atoms. The topological polar surface area (TPSA) is 11.0 Å². The van der Waals surface area contributed by atoms with Gasteiger partial charge in [0.05, 0.1) is 38.8 Å². The second kappa shape index (κ2) is 7.24. The molecule has 6 aliphatic rings. The summed E-state index contributed by atoms with van der Waals surface area (Å²) in [5, 5.41) is 5.57. The van der Waals surface area contributed by atoms with Crippen LogP contribution in [0.25, 0.3) is 44.1 Å². The molecule has 48 heavy (non-hydrogen) atoms. The Morgan fingerprint density at radius 2 is 1.21 bits per heavy atom. The second-order valence-electron chi connectivity index (χ2n) is 16.1. The molecule has 5 aromatic carbocycles. The highest BCUT2D eigenvalue weighted by Gasteiger charge is 2.88. The predicted molar refractivity (Wildman–Crippen MR) is 191 cm³/mol. The van der Waals surface area contributed by atoms with Crippen molar-refractivity contribution < 1.29 is 9.13 Å². The van der Waals surface area contributed by atoms with Crippen LogP contribution in [0, 0.1) is 0 Å². The maximum absolute atomic E-state index is 2.76. The molecule has 0 N–H and O–H groups in total. The van der Waals surface area contributed by atoms with Gasteiger partial charge in [-0.1, -0.05) is 94.4 Å². The van der Waals surface area contributed by atoms with Gasteiger partial charge in [0.25, 0.3) is 5.54 Å². The first-order chi connectivity index (χ1) is 23.4. The van der Waals surface area contributed by atoms with Crippen LogP contribution in [0.2, 0.25) is 0 Å². The highest BCUT2D eigenvalue weighted by molar-refractivity contribution is 6.07. The molecule has 3 aliphatic heterocycles. The van der Waals surface area contributed by atoms with E-state index in [0.717, 1.165) is 0 Å². The molecular formula is C45H33N3+2. The fourth-order valence-electron chi connectivity index (χ4n) is 11.7. The van der Waals surface area contributed by atoms with Crippen LogP contribution in [0.15, 0.2) is 116 Å². The maximum Gasteiger partial charge on any atom is 0.271 e. The second-order valence-corrected chi connectivity index (χ2v) is 16.1. The quantitative estimate of drug-likeness (QED) is 0.168. The summed E-state index contributed by atoms with van der Waals surface area (Å²) < 4.78 is 5.48. The first kappa shape index (κ1) is 24.8. The molecule has 3 heteroatoms. The van der Waals surface area contributed by atoms with Crippen molar-refractivity contribution in [3.63, 3.8) is 0 Å². The van der Waals surface area contributed by atoms with Crippen LogP contribution in [0.1, 0.15) is 73.0 Å². The van der Waals surface area contributed by atoms with Gasteiger partial charge in [0.2, 0.25) is 17.4 Å². The van der Waals surface area contributed by atoms with Crippen LogP contribution < -0.4 is 14.0 Å². The van der Waals surface area contributed by atoms with Crippen molar-refractivity contribution in [3.05, 3.63) is 149 Å². The minimum Gasteiger partial charge on any atom is -0.310 e. The van der Waals surface area contributed by atoms with E-state index in [1.165, 1.54) is 94.5 Å². The first-order valence-corrected chi connectivity index (χ1v) is 17.5. The summed E-state index contributed by atoms with van der Waals surface area (Å²) >= 11 is 0.